The molecular formula is C19H27N5O2. The lowest BCUT2D eigenvalue weighted by atomic mass is 10.0. The first kappa shape index (κ1) is 18.5. The Hall–Kier alpha value is -2.25. The molecule has 26 heavy (non-hydrogen) atoms. The summed E-state index contributed by atoms with van der Waals surface area (Å²) in [5.41, 5.74) is 1.34. The van der Waals surface area contributed by atoms with E-state index in [0.717, 1.165) is 18.7 Å². The highest BCUT2D eigenvalue weighted by Gasteiger charge is 2.39. The molecule has 1 aliphatic heterocycles. The quantitative estimate of drug-likeness (QED) is 0.802. The number of carbonyl (C=O) groups is 1. The number of likely N-dealkylation sites (tertiary alicyclic amines) is 1. The van der Waals surface area contributed by atoms with Gasteiger partial charge in [-0.1, -0.05) is 6.92 Å². The van der Waals surface area contributed by atoms with Crippen molar-refractivity contribution in [1.29, 1.82) is 0 Å². The number of rotatable bonds is 7. The van der Waals surface area contributed by atoms with E-state index in [2.05, 4.69) is 21.9 Å². The molecule has 0 radical (unpaired) electrons. The molecule has 1 N–H and O–H groups in total. The van der Waals surface area contributed by atoms with Crippen molar-refractivity contribution in [2.45, 2.75) is 39.0 Å². The molecule has 1 unspecified atom stereocenters. The van der Waals surface area contributed by atoms with Gasteiger partial charge in [0.05, 0.1) is 18.3 Å². The van der Waals surface area contributed by atoms with E-state index in [4.69, 9.17) is 0 Å². The molecule has 1 fully saturated rings. The Kier molecular flexibility index (Phi) is 5.68. The maximum atomic E-state index is 12.5. The molecule has 1 saturated heterocycles. The zero-order valence-electron chi connectivity index (χ0n) is 15.5. The van der Waals surface area contributed by atoms with Crippen molar-refractivity contribution in [3.05, 3.63) is 48.0 Å². The SMILES string of the molecule is CCN(Cc1ccncc1)CC1(O)CCN(C(=O)Cn2cc(C)cn2)C1. The molecule has 0 spiro atoms. The molecule has 3 rings (SSSR count). The Balaban J connectivity index is 1.55. The highest BCUT2D eigenvalue weighted by molar-refractivity contribution is 5.76. The largest absolute Gasteiger partial charge is 0.387 e. The fraction of sp³-hybridized carbons (Fsp3) is 0.526. The maximum absolute atomic E-state index is 12.5. The summed E-state index contributed by atoms with van der Waals surface area (Å²) in [6, 6.07) is 3.98. The van der Waals surface area contributed by atoms with E-state index in [1.165, 1.54) is 5.56 Å². The third-order valence-corrected chi connectivity index (χ3v) is 4.87. The lowest BCUT2D eigenvalue weighted by Crippen LogP contribution is -2.46. The normalized spacial score (nSPS) is 20.1. The van der Waals surface area contributed by atoms with Crippen LogP contribution in [-0.2, 0) is 17.9 Å². The number of aryl methyl sites for hydroxylation is 1. The summed E-state index contributed by atoms with van der Waals surface area (Å²) in [6.07, 6.45) is 7.76. The minimum Gasteiger partial charge on any atom is -0.387 e. The van der Waals surface area contributed by atoms with Gasteiger partial charge < -0.3 is 10.0 Å². The van der Waals surface area contributed by atoms with E-state index in [1.54, 1.807) is 28.2 Å². The van der Waals surface area contributed by atoms with Crippen LogP contribution in [0.3, 0.4) is 0 Å². The topological polar surface area (TPSA) is 74.5 Å². The first-order valence-electron chi connectivity index (χ1n) is 9.08. The van der Waals surface area contributed by atoms with Crippen molar-refractivity contribution >= 4 is 5.91 Å². The molecule has 1 aliphatic rings. The number of carbonyl (C=O) groups excluding carboxylic acids is 1. The fourth-order valence-corrected chi connectivity index (χ4v) is 3.43. The maximum Gasteiger partial charge on any atom is 0.244 e. The lowest BCUT2D eigenvalue weighted by Gasteiger charge is -2.30. The van der Waals surface area contributed by atoms with Crippen molar-refractivity contribution in [1.82, 2.24) is 24.6 Å². The molecule has 0 aliphatic carbocycles. The number of pyridine rings is 1. The molecule has 2 aromatic rings. The van der Waals surface area contributed by atoms with Crippen LogP contribution >= 0.6 is 0 Å². The predicted octanol–water partition coefficient (Wildman–Crippen LogP) is 1.07. The van der Waals surface area contributed by atoms with Crippen molar-refractivity contribution in [2.24, 2.45) is 0 Å². The summed E-state index contributed by atoms with van der Waals surface area (Å²) in [5.74, 6) is 0.00112. The molecule has 0 saturated carbocycles. The van der Waals surface area contributed by atoms with Crippen LogP contribution < -0.4 is 0 Å². The van der Waals surface area contributed by atoms with E-state index in [9.17, 15) is 9.90 Å². The van der Waals surface area contributed by atoms with Crippen LogP contribution in [0, 0.1) is 6.92 Å². The monoisotopic (exact) mass is 357 g/mol. The smallest absolute Gasteiger partial charge is 0.244 e. The second-order valence-corrected chi connectivity index (χ2v) is 7.16. The second kappa shape index (κ2) is 7.97. The van der Waals surface area contributed by atoms with Gasteiger partial charge in [0.25, 0.3) is 0 Å². The Morgan fingerprint density at radius 1 is 1.38 bits per heavy atom. The second-order valence-electron chi connectivity index (χ2n) is 7.16. The lowest BCUT2D eigenvalue weighted by molar-refractivity contribution is -0.132. The number of hydrogen-bond donors (Lipinski definition) is 1. The Morgan fingerprint density at radius 3 is 2.81 bits per heavy atom. The van der Waals surface area contributed by atoms with Gasteiger partial charge in [-0.3, -0.25) is 19.4 Å². The average Bonchev–Trinajstić information content (AvgIpc) is 3.21. The van der Waals surface area contributed by atoms with Gasteiger partial charge in [-0.2, -0.15) is 5.10 Å². The molecule has 0 bridgehead atoms. The number of likely N-dealkylation sites (N-methyl/N-ethyl adjacent to an activating group) is 1. The fourth-order valence-electron chi connectivity index (χ4n) is 3.43. The number of nitrogens with zero attached hydrogens (tertiary/aromatic N) is 5. The Morgan fingerprint density at radius 2 is 2.15 bits per heavy atom. The predicted molar refractivity (Wildman–Crippen MR) is 98.3 cm³/mol. The first-order chi connectivity index (χ1) is 12.5. The van der Waals surface area contributed by atoms with Crippen LogP contribution in [0.2, 0.25) is 0 Å². The van der Waals surface area contributed by atoms with E-state index >= 15 is 0 Å². The summed E-state index contributed by atoms with van der Waals surface area (Å²) in [4.78, 5) is 20.5. The molecule has 140 valence electrons. The minimum atomic E-state index is -0.862. The molecule has 1 amide bonds. The molecule has 7 nitrogen and oxygen atoms in total. The van der Waals surface area contributed by atoms with Gasteiger partial charge in [0.1, 0.15) is 6.54 Å². The summed E-state index contributed by atoms with van der Waals surface area (Å²) >= 11 is 0. The zero-order valence-corrected chi connectivity index (χ0v) is 15.5. The van der Waals surface area contributed by atoms with Crippen LogP contribution in [0.1, 0.15) is 24.5 Å². The van der Waals surface area contributed by atoms with Crippen LogP contribution in [0.25, 0.3) is 0 Å². The first-order valence-corrected chi connectivity index (χ1v) is 9.08. The third kappa shape index (κ3) is 4.68. The number of hydrogen-bond acceptors (Lipinski definition) is 5. The van der Waals surface area contributed by atoms with Crippen LogP contribution in [-0.4, -0.2) is 67.4 Å². The molecule has 2 aromatic heterocycles. The Labute approximate surface area is 154 Å². The van der Waals surface area contributed by atoms with Gasteiger partial charge in [-0.25, -0.2) is 0 Å². The van der Waals surface area contributed by atoms with Crippen molar-refractivity contribution in [3.8, 4) is 0 Å². The number of aromatic nitrogens is 3. The number of amides is 1. The average molecular weight is 357 g/mol. The van der Waals surface area contributed by atoms with Gasteiger partial charge in [0.2, 0.25) is 5.91 Å². The molecule has 1 atom stereocenters. The summed E-state index contributed by atoms with van der Waals surface area (Å²) in [5, 5.41) is 15.2. The van der Waals surface area contributed by atoms with E-state index < -0.39 is 5.60 Å². The minimum absolute atomic E-state index is 0.00112. The van der Waals surface area contributed by atoms with Crippen LogP contribution in [0.15, 0.2) is 36.9 Å². The molecule has 3 heterocycles. The van der Waals surface area contributed by atoms with Crippen molar-refractivity contribution < 1.29 is 9.90 Å². The zero-order chi connectivity index (χ0) is 18.6. The van der Waals surface area contributed by atoms with Gasteiger partial charge in [-0.15, -0.1) is 0 Å². The number of β-amino-alcohol motifs (C(OH)–C–C–N with tert-alkyl or cyclic N) is 1. The molecular weight excluding hydrogens is 330 g/mol. The van der Waals surface area contributed by atoms with Gasteiger partial charge in [0, 0.05) is 38.2 Å². The summed E-state index contributed by atoms with van der Waals surface area (Å²) in [7, 11) is 0. The van der Waals surface area contributed by atoms with Gasteiger partial charge >= 0.3 is 0 Å². The third-order valence-electron chi connectivity index (χ3n) is 4.87. The molecule has 0 aromatic carbocycles. The van der Waals surface area contributed by atoms with E-state index in [-0.39, 0.29) is 12.5 Å². The van der Waals surface area contributed by atoms with Crippen LogP contribution in [0.4, 0.5) is 0 Å². The van der Waals surface area contributed by atoms with E-state index in [1.807, 2.05) is 25.3 Å². The van der Waals surface area contributed by atoms with E-state index in [0.29, 0.717) is 26.1 Å². The standard InChI is InChI=1S/C19H27N5O2/c1-3-22(12-17-4-7-20-8-5-17)14-19(26)6-9-23(15-19)18(25)13-24-11-16(2)10-21-24/h4-5,7-8,10-11,26H,3,6,9,12-15H2,1-2H3. The highest BCUT2D eigenvalue weighted by atomic mass is 16.3. The number of aliphatic hydroxyl groups is 1. The van der Waals surface area contributed by atoms with Gasteiger partial charge in [0.15, 0.2) is 0 Å². The van der Waals surface area contributed by atoms with Crippen LogP contribution in [0.5, 0.6) is 0 Å². The highest BCUT2D eigenvalue weighted by Crippen LogP contribution is 2.23. The van der Waals surface area contributed by atoms with Crippen molar-refractivity contribution in [2.75, 3.05) is 26.2 Å². The van der Waals surface area contributed by atoms with Gasteiger partial charge in [-0.05, 0) is 43.1 Å². The van der Waals surface area contributed by atoms with Crippen molar-refractivity contribution in [3.63, 3.8) is 0 Å². The summed E-state index contributed by atoms with van der Waals surface area (Å²) < 4.78 is 1.65. The Bertz CT molecular complexity index is 733. The molecule has 7 heteroatoms. The summed E-state index contributed by atoms with van der Waals surface area (Å²) in [6.45, 7) is 7.37.